The van der Waals surface area contributed by atoms with Crippen molar-refractivity contribution >= 4 is 39.3 Å². The zero-order chi connectivity index (χ0) is 18.5. The van der Waals surface area contributed by atoms with Crippen LogP contribution in [-0.4, -0.2) is 26.5 Å². The van der Waals surface area contributed by atoms with E-state index in [0.717, 1.165) is 22.1 Å². The van der Waals surface area contributed by atoms with Crippen LogP contribution < -0.4 is 11.2 Å². The largest absolute Gasteiger partial charge is 0.335 e. The van der Waals surface area contributed by atoms with Crippen molar-refractivity contribution < 1.29 is 4.79 Å². The van der Waals surface area contributed by atoms with Crippen molar-refractivity contribution in [2.75, 3.05) is 16.9 Å². The van der Waals surface area contributed by atoms with Crippen LogP contribution in [0.15, 0.2) is 58.2 Å². The molecule has 2 aromatic carbocycles. The van der Waals surface area contributed by atoms with E-state index in [0.29, 0.717) is 11.0 Å². The summed E-state index contributed by atoms with van der Waals surface area (Å²) in [6.45, 7) is 2.08. The minimum atomic E-state index is -0.117. The molecule has 0 saturated heterocycles. The average Bonchev–Trinajstić information content (AvgIpc) is 3.01. The van der Waals surface area contributed by atoms with Crippen LogP contribution in [0.1, 0.15) is 12.5 Å². The lowest BCUT2D eigenvalue weighted by atomic mass is 10.1. The smallest absolute Gasteiger partial charge is 0.234 e. The maximum atomic E-state index is 12.2. The van der Waals surface area contributed by atoms with E-state index in [1.807, 2.05) is 48.5 Å². The van der Waals surface area contributed by atoms with Crippen LogP contribution >= 0.6 is 27.7 Å². The first kappa shape index (κ1) is 18.5. The lowest BCUT2D eigenvalue weighted by Crippen LogP contribution is -2.16. The molecule has 0 aliphatic rings. The van der Waals surface area contributed by atoms with Gasteiger partial charge in [0.05, 0.1) is 5.75 Å². The topological polar surface area (TPSA) is 85.8 Å². The summed E-state index contributed by atoms with van der Waals surface area (Å²) in [5.74, 6) is 6.72. The number of nitrogens with one attached hydrogen (secondary N) is 1. The Morgan fingerprint density at radius 3 is 2.81 bits per heavy atom. The van der Waals surface area contributed by atoms with Gasteiger partial charge in [-0.25, -0.2) is 4.68 Å². The number of aromatic nitrogens is 3. The minimum Gasteiger partial charge on any atom is -0.335 e. The van der Waals surface area contributed by atoms with Crippen molar-refractivity contribution in [2.45, 2.75) is 18.5 Å². The van der Waals surface area contributed by atoms with Gasteiger partial charge in [0.15, 0.2) is 5.82 Å². The third-order valence-electron chi connectivity index (χ3n) is 3.73. The summed E-state index contributed by atoms with van der Waals surface area (Å²) >= 11 is 4.72. The van der Waals surface area contributed by atoms with Gasteiger partial charge in [-0.3, -0.25) is 4.79 Å². The average molecular weight is 432 g/mol. The number of hydrogen-bond donors (Lipinski definition) is 2. The highest BCUT2D eigenvalue weighted by molar-refractivity contribution is 9.10. The number of rotatable bonds is 6. The van der Waals surface area contributed by atoms with Crippen LogP contribution in [0.4, 0.5) is 5.69 Å². The number of benzene rings is 2. The molecule has 6 nitrogen and oxygen atoms in total. The van der Waals surface area contributed by atoms with Crippen molar-refractivity contribution in [3.63, 3.8) is 0 Å². The molecule has 1 amide bonds. The van der Waals surface area contributed by atoms with Gasteiger partial charge in [0.2, 0.25) is 11.1 Å². The zero-order valence-corrected chi connectivity index (χ0v) is 16.5. The second kappa shape index (κ2) is 8.37. The predicted molar refractivity (Wildman–Crippen MR) is 108 cm³/mol. The fraction of sp³-hybridized carbons (Fsp3) is 0.167. The number of nitrogens with two attached hydrogens (primary N) is 1. The van der Waals surface area contributed by atoms with E-state index >= 15 is 0 Å². The highest BCUT2D eigenvalue weighted by Gasteiger charge is 2.15. The van der Waals surface area contributed by atoms with Crippen molar-refractivity contribution in [3.05, 3.63) is 58.6 Å². The van der Waals surface area contributed by atoms with Crippen LogP contribution in [0.2, 0.25) is 0 Å². The number of hydrogen-bond acceptors (Lipinski definition) is 5. The van der Waals surface area contributed by atoms with Crippen molar-refractivity contribution in [1.82, 2.24) is 14.9 Å². The van der Waals surface area contributed by atoms with E-state index in [1.165, 1.54) is 22.0 Å². The molecule has 0 bridgehead atoms. The lowest BCUT2D eigenvalue weighted by Gasteiger charge is -2.07. The van der Waals surface area contributed by atoms with Gasteiger partial charge in [-0.15, -0.1) is 10.2 Å². The normalized spacial score (nSPS) is 10.7. The first-order valence-corrected chi connectivity index (χ1v) is 9.83. The summed E-state index contributed by atoms with van der Waals surface area (Å²) in [5.41, 5.74) is 2.81. The van der Waals surface area contributed by atoms with E-state index < -0.39 is 0 Å². The second-order valence-electron chi connectivity index (χ2n) is 5.55. The van der Waals surface area contributed by atoms with Crippen LogP contribution in [0, 0.1) is 0 Å². The number of nitrogens with zero attached hydrogens (tertiary/aromatic N) is 3. The summed E-state index contributed by atoms with van der Waals surface area (Å²) in [5, 5.41) is 11.6. The van der Waals surface area contributed by atoms with Crippen LogP contribution in [0.5, 0.6) is 0 Å². The molecule has 0 fully saturated rings. The molecule has 134 valence electrons. The van der Waals surface area contributed by atoms with E-state index in [1.54, 1.807) is 0 Å². The van der Waals surface area contributed by atoms with Gasteiger partial charge >= 0.3 is 0 Å². The van der Waals surface area contributed by atoms with Crippen molar-refractivity contribution in [2.24, 2.45) is 0 Å². The van der Waals surface area contributed by atoms with Gasteiger partial charge in [-0.05, 0) is 36.2 Å². The Morgan fingerprint density at radius 1 is 1.23 bits per heavy atom. The van der Waals surface area contributed by atoms with E-state index in [-0.39, 0.29) is 11.7 Å². The Hall–Kier alpha value is -2.32. The standard InChI is InChI=1S/C18H18BrN5OS/c1-2-12-6-5-7-13(10-12)21-16(25)11-26-18-23-22-17(24(18)20)14-8-3-4-9-15(14)19/h3-10H,2,11,20H2,1H3,(H,21,25). The number of carbonyl (C=O) groups excluding carboxylic acids is 1. The first-order chi connectivity index (χ1) is 12.6. The fourth-order valence-corrected chi connectivity index (χ4v) is 3.52. The number of thioether (sulfide) groups is 1. The van der Waals surface area contributed by atoms with Gasteiger partial charge in [-0.1, -0.05) is 58.9 Å². The molecule has 1 heterocycles. The fourth-order valence-electron chi connectivity index (χ4n) is 2.40. The molecule has 0 atom stereocenters. The third-order valence-corrected chi connectivity index (χ3v) is 5.37. The van der Waals surface area contributed by atoms with Crippen LogP contribution in [0.25, 0.3) is 11.4 Å². The van der Waals surface area contributed by atoms with E-state index in [9.17, 15) is 4.79 Å². The Bertz CT molecular complexity index is 927. The molecule has 0 radical (unpaired) electrons. The zero-order valence-electron chi connectivity index (χ0n) is 14.1. The Kier molecular flexibility index (Phi) is 5.95. The number of halogens is 1. The molecule has 1 aromatic heterocycles. The van der Waals surface area contributed by atoms with Gasteiger partial charge in [0.1, 0.15) is 0 Å². The lowest BCUT2D eigenvalue weighted by molar-refractivity contribution is -0.113. The molecule has 3 N–H and O–H groups in total. The van der Waals surface area contributed by atoms with Gasteiger partial charge in [0.25, 0.3) is 0 Å². The quantitative estimate of drug-likeness (QED) is 0.458. The third kappa shape index (κ3) is 4.25. The Balaban J connectivity index is 1.65. The molecular weight excluding hydrogens is 414 g/mol. The number of amides is 1. The molecule has 0 aliphatic carbocycles. The van der Waals surface area contributed by atoms with Crippen LogP contribution in [-0.2, 0) is 11.2 Å². The SMILES string of the molecule is CCc1cccc(NC(=O)CSc2nnc(-c3ccccc3Br)n2N)c1. The summed E-state index contributed by atoms with van der Waals surface area (Å²) in [6, 6.07) is 15.4. The summed E-state index contributed by atoms with van der Waals surface area (Å²) < 4.78 is 2.28. The number of anilines is 1. The van der Waals surface area contributed by atoms with Gasteiger partial charge < -0.3 is 11.2 Å². The highest BCUT2D eigenvalue weighted by atomic mass is 79.9. The van der Waals surface area contributed by atoms with Crippen LogP contribution in [0.3, 0.4) is 0 Å². The maximum absolute atomic E-state index is 12.2. The van der Waals surface area contributed by atoms with Gasteiger partial charge in [-0.2, -0.15) is 0 Å². The second-order valence-corrected chi connectivity index (χ2v) is 7.34. The molecule has 3 aromatic rings. The van der Waals surface area contributed by atoms with Crippen molar-refractivity contribution in [1.29, 1.82) is 0 Å². The predicted octanol–water partition coefficient (Wildman–Crippen LogP) is 3.71. The highest BCUT2D eigenvalue weighted by Crippen LogP contribution is 2.27. The summed E-state index contributed by atoms with van der Waals surface area (Å²) in [7, 11) is 0. The monoisotopic (exact) mass is 431 g/mol. The Morgan fingerprint density at radius 2 is 2.04 bits per heavy atom. The minimum absolute atomic E-state index is 0.117. The Labute approximate surface area is 164 Å². The summed E-state index contributed by atoms with van der Waals surface area (Å²) in [4.78, 5) is 12.2. The molecule has 8 heteroatoms. The molecule has 26 heavy (non-hydrogen) atoms. The number of nitrogen functional groups attached to an aromatic ring is 1. The summed E-state index contributed by atoms with van der Waals surface area (Å²) in [6.07, 6.45) is 0.923. The molecule has 0 saturated carbocycles. The number of aryl methyl sites for hydroxylation is 1. The first-order valence-electron chi connectivity index (χ1n) is 8.05. The van der Waals surface area contributed by atoms with E-state index in [4.69, 9.17) is 5.84 Å². The molecular formula is C18H18BrN5OS. The molecule has 0 spiro atoms. The van der Waals surface area contributed by atoms with E-state index in [2.05, 4.69) is 38.4 Å². The van der Waals surface area contributed by atoms with Gasteiger partial charge in [0, 0.05) is 15.7 Å². The molecule has 0 aliphatic heterocycles. The molecule has 0 unspecified atom stereocenters. The van der Waals surface area contributed by atoms with Crippen molar-refractivity contribution in [3.8, 4) is 11.4 Å². The maximum Gasteiger partial charge on any atom is 0.234 e. The number of carbonyl (C=O) groups is 1. The molecule has 3 rings (SSSR count).